The van der Waals surface area contributed by atoms with Crippen molar-refractivity contribution in [1.82, 2.24) is 9.38 Å². The fourth-order valence-electron chi connectivity index (χ4n) is 3.03. The van der Waals surface area contributed by atoms with Gasteiger partial charge in [0.1, 0.15) is 0 Å². The minimum absolute atomic E-state index is 0.149. The zero-order valence-electron chi connectivity index (χ0n) is 16.2. The number of thiazole rings is 1. The second-order valence-electron chi connectivity index (χ2n) is 6.26. The fourth-order valence-corrected chi connectivity index (χ4v) is 4.29. The van der Waals surface area contributed by atoms with Crippen LogP contribution in [0.4, 0.5) is 0 Å². The average molecular weight is 445 g/mol. The summed E-state index contributed by atoms with van der Waals surface area (Å²) in [6.07, 6.45) is 1.73. The molecule has 0 fully saturated rings. The standard InChI is InChI=1S/C21H17ClN2O5S/c1-3-28-16-9-12(8-13(22)19(16)29-11-18(25)27-2)10-17-20(26)24-15-7-5-4-6-14(15)23-21(24)30-17/h4-10H,3,11H2,1-2H3. The number of benzene rings is 2. The van der Waals surface area contributed by atoms with E-state index in [0.717, 1.165) is 11.0 Å². The molecule has 0 atom stereocenters. The Kier molecular flexibility index (Phi) is 5.61. The predicted molar refractivity (Wildman–Crippen MR) is 116 cm³/mol. The molecule has 0 aliphatic heterocycles. The lowest BCUT2D eigenvalue weighted by Gasteiger charge is -2.13. The maximum atomic E-state index is 12.9. The Balaban J connectivity index is 1.79. The van der Waals surface area contributed by atoms with E-state index >= 15 is 0 Å². The van der Waals surface area contributed by atoms with Gasteiger partial charge in [-0.1, -0.05) is 35.1 Å². The molecule has 0 bridgehead atoms. The predicted octanol–water partition coefficient (Wildman–Crippen LogP) is 3.06. The number of esters is 1. The number of aromatic nitrogens is 2. The zero-order chi connectivity index (χ0) is 21.3. The number of carbonyl (C=O) groups is 1. The molecule has 0 unspecified atom stereocenters. The minimum atomic E-state index is -0.533. The van der Waals surface area contributed by atoms with Crippen LogP contribution in [-0.4, -0.2) is 35.7 Å². The van der Waals surface area contributed by atoms with Crippen molar-refractivity contribution in [2.75, 3.05) is 20.3 Å². The summed E-state index contributed by atoms with van der Waals surface area (Å²) in [6, 6.07) is 10.9. The first-order valence-electron chi connectivity index (χ1n) is 9.09. The second-order valence-corrected chi connectivity index (χ2v) is 7.68. The Labute approximate surface area is 180 Å². The zero-order valence-corrected chi connectivity index (χ0v) is 17.7. The summed E-state index contributed by atoms with van der Waals surface area (Å²) in [5, 5.41) is 0.260. The van der Waals surface area contributed by atoms with Gasteiger partial charge in [-0.25, -0.2) is 14.2 Å². The second kappa shape index (κ2) is 8.33. The van der Waals surface area contributed by atoms with Gasteiger partial charge in [-0.15, -0.1) is 0 Å². The van der Waals surface area contributed by atoms with Gasteiger partial charge < -0.3 is 14.2 Å². The lowest BCUT2D eigenvalue weighted by molar-refractivity contribution is -0.142. The van der Waals surface area contributed by atoms with Gasteiger partial charge in [0.15, 0.2) is 23.1 Å². The van der Waals surface area contributed by atoms with Crippen molar-refractivity contribution < 1.29 is 19.0 Å². The third kappa shape index (κ3) is 3.71. The van der Waals surface area contributed by atoms with Crippen LogP contribution in [0, 0.1) is 0 Å². The first-order chi connectivity index (χ1) is 14.5. The SMILES string of the molecule is CCOc1cc(C=c2sc3nc4ccccc4n3c2=O)cc(Cl)c1OCC(=O)OC. The number of halogens is 1. The van der Waals surface area contributed by atoms with E-state index in [0.29, 0.717) is 27.4 Å². The van der Waals surface area contributed by atoms with Gasteiger partial charge in [0, 0.05) is 0 Å². The van der Waals surface area contributed by atoms with Gasteiger partial charge in [0.25, 0.3) is 5.56 Å². The van der Waals surface area contributed by atoms with Crippen molar-refractivity contribution in [1.29, 1.82) is 0 Å². The highest BCUT2D eigenvalue weighted by atomic mass is 35.5. The lowest BCUT2D eigenvalue weighted by Crippen LogP contribution is -2.22. The number of hydrogen-bond acceptors (Lipinski definition) is 7. The Morgan fingerprint density at radius 2 is 2.07 bits per heavy atom. The molecule has 9 heteroatoms. The first kappa shape index (κ1) is 20.2. The van der Waals surface area contributed by atoms with Crippen molar-refractivity contribution in [2.24, 2.45) is 0 Å². The lowest BCUT2D eigenvalue weighted by atomic mass is 10.2. The topological polar surface area (TPSA) is 79.1 Å². The van der Waals surface area contributed by atoms with E-state index in [9.17, 15) is 9.59 Å². The van der Waals surface area contributed by atoms with Gasteiger partial charge in [0.2, 0.25) is 0 Å². The number of rotatable bonds is 6. The highest BCUT2D eigenvalue weighted by Gasteiger charge is 2.15. The third-order valence-corrected chi connectivity index (χ3v) is 5.59. The summed E-state index contributed by atoms with van der Waals surface area (Å²) in [7, 11) is 1.27. The van der Waals surface area contributed by atoms with Gasteiger partial charge in [-0.2, -0.15) is 0 Å². The molecule has 4 aromatic rings. The number of methoxy groups -OCH3 is 1. The van der Waals surface area contributed by atoms with Crippen LogP contribution in [0.3, 0.4) is 0 Å². The molecule has 0 aliphatic rings. The number of nitrogens with zero attached hydrogens (tertiary/aromatic N) is 2. The van der Waals surface area contributed by atoms with E-state index in [2.05, 4.69) is 9.72 Å². The minimum Gasteiger partial charge on any atom is -0.490 e. The van der Waals surface area contributed by atoms with Crippen LogP contribution in [0.1, 0.15) is 12.5 Å². The molecule has 2 aromatic carbocycles. The van der Waals surface area contributed by atoms with Gasteiger partial charge in [-0.05, 0) is 42.8 Å². The van der Waals surface area contributed by atoms with Gasteiger partial charge >= 0.3 is 5.97 Å². The number of carbonyl (C=O) groups excluding carboxylic acids is 1. The molecule has 30 heavy (non-hydrogen) atoms. The van der Waals surface area contributed by atoms with Gasteiger partial charge in [-0.3, -0.25) is 4.79 Å². The first-order valence-corrected chi connectivity index (χ1v) is 10.3. The Morgan fingerprint density at radius 3 is 2.83 bits per heavy atom. The van der Waals surface area contributed by atoms with Crippen LogP contribution in [0.5, 0.6) is 11.5 Å². The average Bonchev–Trinajstić information content (AvgIpc) is 3.23. The van der Waals surface area contributed by atoms with Crippen LogP contribution >= 0.6 is 22.9 Å². The van der Waals surface area contributed by atoms with E-state index in [1.807, 2.05) is 31.2 Å². The molecule has 0 saturated heterocycles. The maximum Gasteiger partial charge on any atom is 0.343 e. The molecule has 2 heterocycles. The molecule has 0 saturated carbocycles. The highest BCUT2D eigenvalue weighted by Crippen LogP contribution is 2.37. The van der Waals surface area contributed by atoms with Crippen LogP contribution in [0.2, 0.25) is 5.02 Å². The molecule has 2 aromatic heterocycles. The number of fused-ring (bicyclic) bond motifs is 3. The molecule has 0 amide bonds. The van der Waals surface area contributed by atoms with Crippen LogP contribution in [-0.2, 0) is 9.53 Å². The maximum absolute atomic E-state index is 12.9. The summed E-state index contributed by atoms with van der Waals surface area (Å²) in [5.41, 5.74) is 2.07. The highest BCUT2D eigenvalue weighted by molar-refractivity contribution is 7.15. The number of imidazole rings is 1. The molecule has 0 N–H and O–H groups in total. The van der Waals surface area contributed by atoms with Crippen molar-refractivity contribution in [3.05, 3.63) is 61.9 Å². The van der Waals surface area contributed by atoms with Crippen molar-refractivity contribution >= 4 is 51.0 Å². The number of hydrogen-bond donors (Lipinski definition) is 0. The molecular weight excluding hydrogens is 428 g/mol. The van der Waals surface area contributed by atoms with E-state index in [-0.39, 0.29) is 22.9 Å². The van der Waals surface area contributed by atoms with E-state index in [1.165, 1.54) is 18.4 Å². The van der Waals surface area contributed by atoms with Crippen molar-refractivity contribution in [3.63, 3.8) is 0 Å². The van der Waals surface area contributed by atoms with Crippen molar-refractivity contribution in [3.8, 4) is 11.5 Å². The Morgan fingerprint density at radius 1 is 1.27 bits per heavy atom. The molecule has 154 valence electrons. The quantitative estimate of drug-likeness (QED) is 0.425. The summed E-state index contributed by atoms with van der Waals surface area (Å²) >= 11 is 7.67. The molecule has 4 rings (SSSR count). The van der Waals surface area contributed by atoms with Crippen LogP contribution < -0.4 is 19.6 Å². The molecule has 0 spiro atoms. The smallest absolute Gasteiger partial charge is 0.343 e. The number of ether oxygens (including phenoxy) is 3. The summed E-state index contributed by atoms with van der Waals surface area (Å²) in [4.78, 5) is 29.5. The molecule has 0 aliphatic carbocycles. The van der Waals surface area contributed by atoms with Crippen molar-refractivity contribution in [2.45, 2.75) is 6.92 Å². The van der Waals surface area contributed by atoms with E-state index in [4.69, 9.17) is 21.1 Å². The summed E-state index contributed by atoms with van der Waals surface area (Å²) in [5.74, 6) is 0.0871. The van der Waals surface area contributed by atoms with Crippen LogP contribution in [0.25, 0.3) is 22.1 Å². The monoisotopic (exact) mass is 444 g/mol. The summed E-state index contributed by atoms with van der Waals surface area (Å²) < 4.78 is 17.8. The number of para-hydroxylation sites is 2. The van der Waals surface area contributed by atoms with Crippen LogP contribution in [0.15, 0.2) is 41.2 Å². The van der Waals surface area contributed by atoms with Gasteiger partial charge in [0.05, 0.1) is 34.3 Å². The Bertz CT molecular complexity index is 1360. The fraction of sp³-hybridized carbons (Fsp3) is 0.190. The van der Waals surface area contributed by atoms with E-state index in [1.54, 1.807) is 22.6 Å². The Hall–Kier alpha value is -3.10. The summed E-state index contributed by atoms with van der Waals surface area (Å²) in [6.45, 7) is 1.91. The van der Waals surface area contributed by atoms with E-state index < -0.39 is 5.97 Å². The molecular formula is C21H17ClN2O5S. The molecule has 0 radical (unpaired) electrons. The largest absolute Gasteiger partial charge is 0.490 e. The normalized spacial score (nSPS) is 11.9. The third-order valence-electron chi connectivity index (χ3n) is 4.34. The molecule has 7 nitrogen and oxygen atoms in total.